The summed E-state index contributed by atoms with van der Waals surface area (Å²) >= 11 is 0. The maximum atomic E-state index is 13.1. The van der Waals surface area contributed by atoms with Gasteiger partial charge in [0.2, 0.25) is 0 Å². The molecule has 0 aliphatic carbocycles. The maximum Gasteiger partial charge on any atom is 0.265 e. The van der Waals surface area contributed by atoms with Gasteiger partial charge in [0.25, 0.3) is 11.8 Å². The summed E-state index contributed by atoms with van der Waals surface area (Å²) in [6.07, 6.45) is 1.76. The van der Waals surface area contributed by atoms with Crippen molar-refractivity contribution < 1.29 is 14.3 Å². The molecular weight excluding hydrogens is 340 g/mol. The molecule has 134 valence electrons. The van der Waals surface area contributed by atoms with Crippen LogP contribution in [-0.4, -0.2) is 25.5 Å². The molecule has 0 aromatic heterocycles. The number of hydrogen-bond acceptors (Lipinski definition) is 4. The van der Waals surface area contributed by atoms with Crippen molar-refractivity contribution in [2.24, 2.45) is 0 Å². The van der Waals surface area contributed by atoms with Crippen LogP contribution >= 0.6 is 0 Å². The number of imide groups is 1. The summed E-state index contributed by atoms with van der Waals surface area (Å²) in [5.74, 6) is 0.00405. The number of carbonyl (C=O) groups is 2. The van der Waals surface area contributed by atoms with Gasteiger partial charge in [-0.1, -0.05) is 18.2 Å². The van der Waals surface area contributed by atoms with Gasteiger partial charge in [-0.25, -0.2) is 4.90 Å². The number of anilines is 2. The highest BCUT2D eigenvalue weighted by molar-refractivity contribution is 6.36. The fourth-order valence-corrected chi connectivity index (χ4v) is 3.40. The second-order valence-corrected chi connectivity index (χ2v) is 6.20. The highest BCUT2D eigenvalue weighted by atomic mass is 16.5. The van der Waals surface area contributed by atoms with Crippen molar-refractivity contribution in [2.45, 2.75) is 0 Å². The van der Waals surface area contributed by atoms with Crippen LogP contribution in [0.2, 0.25) is 0 Å². The molecule has 3 aromatic rings. The molecule has 1 aliphatic heterocycles. The molecule has 27 heavy (non-hydrogen) atoms. The summed E-state index contributed by atoms with van der Waals surface area (Å²) in [5, 5.41) is 4.79. The summed E-state index contributed by atoms with van der Waals surface area (Å²) in [4.78, 5) is 27.5. The van der Waals surface area contributed by atoms with Gasteiger partial charge in [0, 0.05) is 34.1 Å². The molecule has 0 saturated carbocycles. The Morgan fingerprint density at radius 1 is 1.00 bits per heavy atom. The molecule has 0 bridgehead atoms. The lowest BCUT2D eigenvalue weighted by atomic mass is 9.92. The molecule has 1 heterocycles. The van der Waals surface area contributed by atoms with Crippen molar-refractivity contribution in [3.8, 4) is 5.75 Å². The van der Waals surface area contributed by atoms with E-state index in [2.05, 4.69) is 11.9 Å². The number of methoxy groups -OCH3 is 1. The Kier molecular flexibility index (Phi) is 4.12. The number of amides is 2. The average molecular weight is 358 g/mol. The Bertz CT molecular complexity index is 1050. The first-order chi connectivity index (χ1) is 13.2. The first kappa shape index (κ1) is 16.8. The molecule has 1 aliphatic rings. The van der Waals surface area contributed by atoms with Gasteiger partial charge in [-0.2, -0.15) is 0 Å². The second kappa shape index (κ2) is 6.61. The smallest absolute Gasteiger partial charge is 0.265 e. The molecular formula is C22H18N2O3. The van der Waals surface area contributed by atoms with Crippen LogP contribution in [-0.2, 0) is 0 Å². The Morgan fingerprint density at radius 3 is 2.37 bits per heavy atom. The third kappa shape index (κ3) is 2.64. The summed E-state index contributed by atoms with van der Waals surface area (Å²) in [6.45, 7) is 4.31. The van der Waals surface area contributed by atoms with E-state index in [0.29, 0.717) is 34.5 Å². The van der Waals surface area contributed by atoms with Gasteiger partial charge in [0.15, 0.2) is 0 Å². The largest absolute Gasteiger partial charge is 0.497 e. The molecule has 5 nitrogen and oxygen atoms in total. The minimum Gasteiger partial charge on any atom is -0.497 e. The van der Waals surface area contributed by atoms with Crippen LogP contribution in [0, 0.1) is 0 Å². The zero-order valence-electron chi connectivity index (χ0n) is 14.9. The minimum absolute atomic E-state index is 0.330. The molecule has 0 spiro atoms. The number of rotatable bonds is 5. The van der Waals surface area contributed by atoms with Crippen molar-refractivity contribution in [3.63, 3.8) is 0 Å². The standard InChI is InChI=1S/C22H18N2O3/c1-3-13-23-19-12-11-18-20-16(19)5-4-6-17(20)21(25)24(22(18)26)14-7-9-15(27-2)10-8-14/h3-12,23H,1,13H2,2H3. The van der Waals surface area contributed by atoms with E-state index in [1.807, 2.05) is 18.2 Å². The van der Waals surface area contributed by atoms with Crippen LogP contribution in [0.25, 0.3) is 10.8 Å². The Hall–Kier alpha value is -3.60. The quantitative estimate of drug-likeness (QED) is 0.547. The van der Waals surface area contributed by atoms with Gasteiger partial charge in [-0.05, 0) is 42.5 Å². The first-order valence-corrected chi connectivity index (χ1v) is 8.59. The van der Waals surface area contributed by atoms with E-state index in [-0.39, 0.29) is 11.8 Å². The molecule has 5 heteroatoms. The molecule has 0 saturated heterocycles. The average Bonchev–Trinajstić information content (AvgIpc) is 2.71. The fraction of sp³-hybridized carbons (Fsp3) is 0.0909. The SMILES string of the molecule is C=CCNc1ccc2c3c(cccc13)C(=O)N(c1ccc(OC)cc1)C2=O. The second-order valence-electron chi connectivity index (χ2n) is 6.20. The Morgan fingerprint density at radius 2 is 1.70 bits per heavy atom. The van der Waals surface area contributed by atoms with Gasteiger partial charge in [-0.15, -0.1) is 6.58 Å². The van der Waals surface area contributed by atoms with E-state index in [1.54, 1.807) is 49.6 Å². The lowest BCUT2D eigenvalue weighted by Gasteiger charge is -2.28. The van der Waals surface area contributed by atoms with Crippen LogP contribution in [0.1, 0.15) is 20.7 Å². The zero-order chi connectivity index (χ0) is 19.0. The molecule has 0 fully saturated rings. The minimum atomic E-state index is -0.330. The third-order valence-corrected chi connectivity index (χ3v) is 4.68. The van der Waals surface area contributed by atoms with E-state index in [0.717, 1.165) is 11.1 Å². The first-order valence-electron chi connectivity index (χ1n) is 8.59. The van der Waals surface area contributed by atoms with Crippen LogP contribution in [0.5, 0.6) is 5.75 Å². The van der Waals surface area contributed by atoms with E-state index >= 15 is 0 Å². The van der Waals surface area contributed by atoms with Crippen LogP contribution in [0.3, 0.4) is 0 Å². The highest BCUT2D eigenvalue weighted by Crippen LogP contribution is 2.36. The highest BCUT2D eigenvalue weighted by Gasteiger charge is 2.34. The van der Waals surface area contributed by atoms with Gasteiger partial charge >= 0.3 is 0 Å². The molecule has 4 rings (SSSR count). The normalized spacial score (nSPS) is 13.0. The fourth-order valence-electron chi connectivity index (χ4n) is 3.40. The van der Waals surface area contributed by atoms with Gasteiger partial charge < -0.3 is 10.1 Å². The number of benzene rings is 3. The zero-order valence-corrected chi connectivity index (χ0v) is 14.9. The molecule has 0 unspecified atom stereocenters. The monoisotopic (exact) mass is 358 g/mol. The van der Waals surface area contributed by atoms with Gasteiger partial charge in [0.1, 0.15) is 5.75 Å². The predicted molar refractivity (Wildman–Crippen MR) is 107 cm³/mol. The van der Waals surface area contributed by atoms with E-state index in [9.17, 15) is 9.59 Å². The number of carbonyl (C=O) groups excluding carboxylic acids is 2. The van der Waals surface area contributed by atoms with Crippen molar-refractivity contribution in [1.29, 1.82) is 0 Å². The summed E-state index contributed by atoms with van der Waals surface area (Å²) in [5.41, 5.74) is 2.41. The number of hydrogen-bond donors (Lipinski definition) is 1. The molecule has 1 N–H and O–H groups in total. The molecule has 0 atom stereocenters. The lowest BCUT2D eigenvalue weighted by molar-refractivity contribution is 0.0893. The lowest BCUT2D eigenvalue weighted by Crippen LogP contribution is -2.40. The maximum absolute atomic E-state index is 13.1. The van der Waals surface area contributed by atoms with Crippen molar-refractivity contribution in [2.75, 3.05) is 23.9 Å². The topological polar surface area (TPSA) is 58.6 Å². The van der Waals surface area contributed by atoms with Crippen LogP contribution in [0.15, 0.2) is 67.3 Å². The number of nitrogens with one attached hydrogen (secondary N) is 1. The molecule has 3 aromatic carbocycles. The van der Waals surface area contributed by atoms with E-state index in [1.165, 1.54) is 4.90 Å². The van der Waals surface area contributed by atoms with Crippen LogP contribution in [0.4, 0.5) is 11.4 Å². The van der Waals surface area contributed by atoms with Gasteiger partial charge in [-0.3, -0.25) is 9.59 Å². The Balaban J connectivity index is 1.86. The van der Waals surface area contributed by atoms with Gasteiger partial charge in [0.05, 0.1) is 12.8 Å². The van der Waals surface area contributed by atoms with Crippen molar-refractivity contribution >= 4 is 34.0 Å². The molecule has 2 amide bonds. The van der Waals surface area contributed by atoms with Crippen molar-refractivity contribution in [3.05, 3.63) is 78.4 Å². The van der Waals surface area contributed by atoms with Crippen molar-refractivity contribution in [1.82, 2.24) is 0 Å². The Labute approximate surface area is 156 Å². The summed E-state index contributed by atoms with van der Waals surface area (Å²) < 4.78 is 5.16. The van der Waals surface area contributed by atoms with Crippen LogP contribution < -0.4 is 15.0 Å². The summed E-state index contributed by atoms with van der Waals surface area (Å²) in [6, 6.07) is 16.0. The summed E-state index contributed by atoms with van der Waals surface area (Å²) in [7, 11) is 1.57. The predicted octanol–water partition coefficient (Wildman–Crippen LogP) is 4.25. The van der Waals surface area contributed by atoms with E-state index in [4.69, 9.17) is 4.74 Å². The molecule has 0 radical (unpaired) electrons. The third-order valence-electron chi connectivity index (χ3n) is 4.68. The number of ether oxygens (including phenoxy) is 1. The number of nitrogens with zero attached hydrogens (tertiary/aromatic N) is 1. The van der Waals surface area contributed by atoms with E-state index < -0.39 is 0 Å².